The van der Waals surface area contributed by atoms with Crippen LogP contribution >= 0.6 is 23.4 Å². The minimum Gasteiger partial charge on any atom is -0.494 e. The molecule has 0 aliphatic rings. The van der Waals surface area contributed by atoms with Crippen LogP contribution < -0.4 is 14.4 Å². The molecular weight excluding hydrogens is 480 g/mol. The molecule has 1 amide bonds. The van der Waals surface area contributed by atoms with Gasteiger partial charge in [0.25, 0.3) is 10.0 Å². The van der Waals surface area contributed by atoms with E-state index in [1.807, 2.05) is 13.2 Å². The molecule has 0 heterocycles. The van der Waals surface area contributed by atoms with Gasteiger partial charge < -0.3 is 10.1 Å². The molecule has 0 aliphatic heterocycles. The van der Waals surface area contributed by atoms with Gasteiger partial charge in [0.1, 0.15) is 12.3 Å². The van der Waals surface area contributed by atoms with Gasteiger partial charge in [0.15, 0.2) is 0 Å². The van der Waals surface area contributed by atoms with Crippen molar-refractivity contribution in [3.63, 3.8) is 0 Å². The fourth-order valence-electron chi connectivity index (χ4n) is 3.13. The predicted octanol–water partition coefficient (Wildman–Crippen LogP) is 5.60. The highest BCUT2D eigenvalue weighted by Crippen LogP contribution is 2.28. The number of benzene rings is 3. The molecule has 9 heteroatoms. The van der Waals surface area contributed by atoms with E-state index in [4.69, 9.17) is 16.3 Å². The van der Waals surface area contributed by atoms with Crippen LogP contribution in [0.3, 0.4) is 0 Å². The van der Waals surface area contributed by atoms with Crippen molar-refractivity contribution < 1.29 is 17.9 Å². The maximum atomic E-state index is 13.5. The SMILES string of the molecule is CCOc1ccc(N(CC(=O)Nc2cccc(Cl)c2C)S(=O)(=O)c2ccc(SC)cc2)cc1. The van der Waals surface area contributed by atoms with Gasteiger partial charge in [-0.2, -0.15) is 0 Å². The van der Waals surface area contributed by atoms with Gasteiger partial charge in [-0.05, 0) is 86.3 Å². The van der Waals surface area contributed by atoms with Crippen molar-refractivity contribution in [1.29, 1.82) is 0 Å². The number of thioether (sulfide) groups is 1. The van der Waals surface area contributed by atoms with Gasteiger partial charge in [-0.25, -0.2) is 8.42 Å². The molecule has 0 bridgehead atoms. The molecule has 0 saturated carbocycles. The Bertz CT molecular complexity index is 1210. The Hall–Kier alpha value is -2.68. The summed E-state index contributed by atoms with van der Waals surface area (Å²) < 4.78 is 33.6. The van der Waals surface area contributed by atoms with E-state index in [0.29, 0.717) is 34.3 Å². The molecule has 0 atom stereocenters. The Morgan fingerprint density at radius 2 is 1.73 bits per heavy atom. The predicted molar refractivity (Wildman–Crippen MR) is 135 cm³/mol. The van der Waals surface area contributed by atoms with Crippen LogP contribution in [0.25, 0.3) is 0 Å². The average Bonchev–Trinajstić information content (AvgIpc) is 2.81. The van der Waals surface area contributed by atoms with Crippen molar-refractivity contribution in [2.24, 2.45) is 0 Å². The van der Waals surface area contributed by atoms with E-state index < -0.39 is 22.5 Å². The molecule has 0 radical (unpaired) electrons. The number of amides is 1. The number of anilines is 2. The molecule has 0 unspecified atom stereocenters. The molecule has 0 aliphatic carbocycles. The first-order valence-electron chi connectivity index (χ1n) is 10.2. The van der Waals surface area contributed by atoms with Crippen molar-refractivity contribution in [3.8, 4) is 5.75 Å². The normalized spacial score (nSPS) is 11.2. The standard InChI is InChI=1S/C24H25ClN2O4S2/c1-4-31-19-10-8-18(9-11-19)27(33(29,30)21-14-12-20(32-3)13-15-21)16-24(28)26-23-7-5-6-22(25)17(23)2/h5-15H,4,16H2,1-3H3,(H,26,28). The van der Waals surface area contributed by atoms with Gasteiger partial charge in [-0.3, -0.25) is 9.10 Å². The summed E-state index contributed by atoms with van der Waals surface area (Å²) in [6.45, 7) is 3.73. The molecule has 33 heavy (non-hydrogen) atoms. The van der Waals surface area contributed by atoms with Gasteiger partial charge in [-0.15, -0.1) is 11.8 Å². The summed E-state index contributed by atoms with van der Waals surface area (Å²) in [5.41, 5.74) is 1.59. The first-order valence-corrected chi connectivity index (χ1v) is 13.2. The molecule has 0 aromatic heterocycles. The zero-order valence-electron chi connectivity index (χ0n) is 18.5. The van der Waals surface area contributed by atoms with Crippen LogP contribution in [0.2, 0.25) is 5.02 Å². The Morgan fingerprint density at radius 1 is 1.06 bits per heavy atom. The lowest BCUT2D eigenvalue weighted by atomic mass is 10.2. The Balaban J connectivity index is 1.95. The quantitative estimate of drug-likeness (QED) is 0.384. The highest BCUT2D eigenvalue weighted by atomic mass is 35.5. The van der Waals surface area contributed by atoms with Crippen LogP contribution in [0.4, 0.5) is 11.4 Å². The Morgan fingerprint density at radius 3 is 2.33 bits per heavy atom. The van der Waals surface area contributed by atoms with Crippen molar-refractivity contribution in [1.82, 2.24) is 0 Å². The molecule has 0 fully saturated rings. The second-order valence-electron chi connectivity index (χ2n) is 7.07. The third-order valence-corrected chi connectivity index (χ3v) is 7.85. The number of carbonyl (C=O) groups is 1. The minimum absolute atomic E-state index is 0.0981. The van der Waals surface area contributed by atoms with E-state index in [2.05, 4.69) is 5.32 Å². The topological polar surface area (TPSA) is 75.7 Å². The van der Waals surface area contributed by atoms with Gasteiger partial charge in [0.05, 0.1) is 17.2 Å². The summed E-state index contributed by atoms with van der Waals surface area (Å²) >= 11 is 7.66. The van der Waals surface area contributed by atoms with Gasteiger partial charge in [0, 0.05) is 15.6 Å². The third-order valence-electron chi connectivity index (χ3n) is 4.91. The van der Waals surface area contributed by atoms with Crippen LogP contribution in [-0.4, -0.2) is 33.7 Å². The lowest BCUT2D eigenvalue weighted by Crippen LogP contribution is -2.38. The van der Waals surface area contributed by atoms with Gasteiger partial charge in [0.2, 0.25) is 5.91 Å². The maximum Gasteiger partial charge on any atom is 0.264 e. The van der Waals surface area contributed by atoms with Gasteiger partial charge >= 0.3 is 0 Å². The first-order chi connectivity index (χ1) is 15.8. The number of halogens is 1. The van der Waals surface area contributed by atoms with Crippen molar-refractivity contribution in [2.45, 2.75) is 23.6 Å². The number of sulfonamides is 1. The summed E-state index contributed by atoms with van der Waals surface area (Å²) in [5.74, 6) is 0.125. The second-order valence-corrected chi connectivity index (χ2v) is 10.2. The Labute approximate surface area is 204 Å². The molecule has 3 aromatic rings. The van der Waals surface area contributed by atoms with Gasteiger partial charge in [-0.1, -0.05) is 17.7 Å². The number of carbonyl (C=O) groups excluding carboxylic acids is 1. The number of rotatable bonds is 9. The summed E-state index contributed by atoms with van der Waals surface area (Å²) in [4.78, 5) is 14.0. The van der Waals surface area contributed by atoms with E-state index in [1.54, 1.807) is 73.7 Å². The van der Waals surface area contributed by atoms with Crippen molar-refractivity contribution in [3.05, 3.63) is 77.3 Å². The van der Waals surface area contributed by atoms with E-state index in [0.717, 1.165) is 9.20 Å². The minimum atomic E-state index is -4.01. The van der Waals surface area contributed by atoms with Crippen LogP contribution in [0, 0.1) is 6.92 Å². The lowest BCUT2D eigenvalue weighted by molar-refractivity contribution is -0.114. The van der Waals surface area contributed by atoms with E-state index >= 15 is 0 Å². The smallest absolute Gasteiger partial charge is 0.264 e. The van der Waals surface area contributed by atoms with E-state index in [9.17, 15) is 13.2 Å². The Kier molecular flexibility index (Phi) is 8.29. The molecule has 0 spiro atoms. The maximum absolute atomic E-state index is 13.5. The molecular formula is C24H25ClN2O4S2. The van der Waals surface area contributed by atoms with E-state index in [-0.39, 0.29) is 4.90 Å². The molecule has 1 N–H and O–H groups in total. The molecule has 6 nitrogen and oxygen atoms in total. The highest BCUT2D eigenvalue weighted by Gasteiger charge is 2.27. The van der Waals surface area contributed by atoms with Crippen molar-refractivity contribution >= 4 is 50.7 Å². The molecule has 0 saturated heterocycles. The lowest BCUT2D eigenvalue weighted by Gasteiger charge is -2.24. The zero-order valence-corrected chi connectivity index (χ0v) is 20.9. The number of ether oxygens (including phenoxy) is 1. The fourth-order valence-corrected chi connectivity index (χ4v) is 5.13. The van der Waals surface area contributed by atoms with Crippen LogP contribution in [0.15, 0.2) is 76.5 Å². The number of nitrogens with zero attached hydrogens (tertiary/aromatic N) is 1. The highest BCUT2D eigenvalue weighted by molar-refractivity contribution is 7.98. The molecule has 3 rings (SSSR count). The second kappa shape index (κ2) is 11.0. The third kappa shape index (κ3) is 6.01. The summed E-state index contributed by atoms with van der Waals surface area (Å²) in [6, 6.07) is 18.3. The van der Waals surface area contributed by atoms with E-state index in [1.165, 1.54) is 11.8 Å². The first kappa shape index (κ1) is 25.0. The number of nitrogens with one attached hydrogen (secondary N) is 1. The summed E-state index contributed by atoms with van der Waals surface area (Å²) in [5, 5.41) is 3.28. The van der Waals surface area contributed by atoms with Crippen LogP contribution in [0.5, 0.6) is 5.75 Å². The monoisotopic (exact) mass is 504 g/mol. The fraction of sp³-hybridized carbons (Fsp3) is 0.208. The molecule has 174 valence electrons. The number of hydrogen-bond acceptors (Lipinski definition) is 5. The average molecular weight is 505 g/mol. The van der Waals surface area contributed by atoms with Crippen LogP contribution in [-0.2, 0) is 14.8 Å². The van der Waals surface area contributed by atoms with Crippen LogP contribution in [0.1, 0.15) is 12.5 Å². The summed E-state index contributed by atoms with van der Waals surface area (Å²) in [6.07, 6.45) is 1.91. The summed E-state index contributed by atoms with van der Waals surface area (Å²) in [7, 11) is -4.01. The zero-order chi connectivity index (χ0) is 24.0. The molecule has 3 aromatic carbocycles. The van der Waals surface area contributed by atoms with Crippen molar-refractivity contribution in [2.75, 3.05) is 29.0 Å². The number of hydrogen-bond donors (Lipinski definition) is 1. The largest absolute Gasteiger partial charge is 0.494 e.